The Kier molecular flexibility index (Phi) is 5.93. The molecule has 4 nitrogen and oxygen atoms in total. The number of para-hydroxylation sites is 1. The van der Waals surface area contributed by atoms with Gasteiger partial charge in [-0.25, -0.2) is 14.2 Å². The minimum absolute atomic E-state index is 0.246. The van der Waals surface area contributed by atoms with Gasteiger partial charge in [-0.3, -0.25) is 0 Å². The van der Waals surface area contributed by atoms with Crippen LogP contribution in [0.4, 0.5) is 4.39 Å². The fourth-order valence-corrected chi connectivity index (χ4v) is 2.33. The van der Waals surface area contributed by atoms with Crippen molar-refractivity contribution in [3.8, 4) is 5.75 Å². The van der Waals surface area contributed by atoms with E-state index in [1.54, 1.807) is 18.2 Å². The lowest BCUT2D eigenvalue weighted by atomic mass is 10.2. The maximum absolute atomic E-state index is 12.8. The molecule has 132 valence electrons. The summed E-state index contributed by atoms with van der Waals surface area (Å²) < 4.78 is 23.3. The number of hydrogen-bond donors (Lipinski definition) is 0. The van der Waals surface area contributed by atoms with E-state index in [1.165, 1.54) is 18.2 Å². The van der Waals surface area contributed by atoms with E-state index < -0.39 is 5.97 Å². The van der Waals surface area contributed by atoms with Crippen molar-refractivity contribution in [2.75, 3.05) is 13.2 Å². The van der Waals surface area contributed by atoms with Gasteiger partial charge in [-0.05, 0) is 42.5 Å². The molecule has 0 N–H and O–H groups in total. The van der Waals surface area contributed by atoms with Crippen LogP contribution in [0.3, 0.4) is 0 Å². The number of benzene rings is 2. The van der Waals surface area contributed by atoms with Crippen molar-refractivity contribution in [3.05, 3.63) is 78.3 Å². The molecule has 0 aliphatic carbocycles. The summed E-state index contributed by atoms with van der Waals surface area (Å²) in [7, 11) is 0. The molecule has 0 aliphatic rings. The molecular weight excluding hydrogens is 333 g/mol. The van der Waals surface area contributed by atoms with E-state index in [0.29, 0.717) is 24.5 Å². The summed E-state index contributed by atoms with van der Waals surface area (Å²) in [5.74, 6) is -0.152. The number of halogens is 1. The van der Waals surface area contributed by atoms with Crippen LogP contribution in [0.1, 0.15) is 12.1 Å². The average Bonchev–Trinajstić information content (AvgIpc) is 2.67. The molecule has 0 radical (unpaired) electrons. The molecule has 0 atom stereocenters. The molecule has 1 aromatic heterocycles. The average molecular weight is 351 g/mol. The summed E-state index contributed by atoms with van der Waals surface area (Å²) in [6.07, 6.45) is 3.53. The normalized spacial score (nSPS) is 11.0. The number of pyridine rings is 1. The lowest BCUT2D eigenvalue weighted by Gasteiger charge is -2.06. The molecule has 0 saturated heterocycles. The lowest BCUT2D eigenvalue weighted by molar-refractivity contribution is -0.137. The van der Waals surface area contributed by atoms with Gasteiger partial charge in [-0.15, -0.1) is 0 Å². The maximum atomic E-state index is 12.8. The number of aromatic nitrogens is 1. The number of nitrogens with zero attached hydrogens (tertiary/aromatic N) is 1. The van der Waals surface area contributed by atoms with Gasteiger partial charge in [-0.1, -0.05) is 24.3 Å². The highest BCUT2D eigenvalue weighted by Gasteiger charge is 2.00. The Morgan fingerprint density at radius 1 is 1.00 bits per heavy atom. The third kappa shape index (κ3) is 5.14. The lowest BCUT2D eigenvalue weighted by Crippen LogP contribution is -2.06. The van der Waals surface area contributed by atoms with E-state index in [9.17, 15) is 9.18 Å². The molecule has 3 rings (SSSR count). The standard InChI is InChI=1S/C21H18FNO3/c22-17-7-11-19(12-8-17)25-14-3-15-26-21(24)13-10-18-9-6-16-4-1-2-5-20(16)23-18/h1-2,4-13H,3,14-15H2. The molecule has 2 aromatic carbocycles. The van der Waals surface area contributed by atoms with Gasteiger partial charge in [0.1, 0.15) is 11.6 Å². The highest BCUT2D eigenvalue weighted by atomic mass is 19.1. The minimum atomic E-state index is -0.429. The van der Waals surface area contributed by atoms with Crippen LogP contribution < -0.4 is 4.74 Å². The quantitative estimate of drug-likeness (QED) is 0.360. The molecule has 0 bridgehead atoms. The van der Waals surface area contributed by atoms with Crippen LogP contribution in [0.5, 0.6) is 5.75 Å². The van der Waals surface area contributed by atoms with E-state index in [4.69, 9.17) is 9.47 Å². The Bertz CT molecular complexity index is 907. The third-order valence-corrected chi connectivity index (χ3v) is 3.63. The summed E-state index contributed by atoms with van der Waals surface area (Å²) in [5.41, 5.74) is 1.57. The number of carbonyl (C=O) groups is 1. The number of ether oxygens (including phenoxy) is 2. The second-order valence-corrected chi connectivity index (χ2v) is 5.59. The highest BCUT2D eigenvalue weighted by Crippen LogP contribution is 2.13. The first-order chi connectivity index (χ1) is 12.7. The van der Waals surface area contributed by atoms with Crippen LogP contribution in [-0.4, -0.2) is 24.2 Å². The number of rotatable bonds is 7. The van der Waals surface area contributed by atoms with Crippen molar-refractivity contribution in [3.63, 3.8) is 0 Å². The molecule has 0 unspecified atom stereocenters. The van der Waals surface area contributed by atoms with Crippen LogP contribution in [0.2, 0.25) is 0 Å². The van der Waals surface area contributed by atoms with Crippen molar-refractivity contribution in [2.24, 2.45) is 0 Å². The maximum Gasteiger partial charge on any atom is 0.330 e. The van der Waals surface area contributed by atoms with Crippen LogP contribution in [0.25, 0.3) is 17.0 Å². The SMILES string of the molecule is O=C(C=Cc1ccc2ccccc2n1)OCCCOc1ccc(F)cc1. The highest BCUT2D eigenvalue weighted by molar-refractivity contribution is 5.87. The summed E-state index contributed by atoms with van der Waals surface area (Å²) in [6.45, 7) is 0.629. The first-order valence-corrected chi connectivity index (χ1v) is 8.30. The molecule has 0 aliphatic heterocycles. The molecule has 0 saturated carbocycles. The van der Waals surface area contributed by atoms with Crippen molar-refractivity contribution in [2.45, 2.75) is 6.42 Å². The zero-order valence-corrected chi connectivity index (χ0v) is 14.1. The molecule has 0 fully saturated rings. The molecule has 3 aromatic rings. The van der Waals surface area contributed by atoms with Crippen molar-refractivity contribution in [1.82, 2.24) is 4.98 Å². The number of fused-ring (bicyclic) bond motifs is 1. The monoisotopic (exact) mass is 351 g/mol. The first-order valence-electron chi connectivity index (χ1n) is 8.30. The van der Waals surface area contributed by atoms with Crippen molar-refractivity contribution < 1.29 is 18.7 Å². The van der Waals surface area contributed by atoms with Crippen LogP contribution in [0.15, 0.2) is 66.7 Å². The van der Waals surface area contributed by atoms with E-state index in [0.717, 1.165) is 10.9 Å². The fraction of sp³-hybridized carbons (Fsp3) is 0.143. The van der Waals surface area contributed by atoms with Gasteiger partial charge in [0.2, 0.25) is 0 Å². The van der Waals surface area contributed by atoms with Crippen molar-refractivity contribution in [1.29, 1.82) is 0 Å². The summed E-state index contributed by atoms with van der Waals surface area (Å²) >= 11 is 0. The van der Waals surface area contributed by atoms with E-state index in [-0.39, 0.29) is 12.4 Å². The second kappa shape index (κ2) is 8.76. The number of esters is 1. The minimum Gasteiger partial charge on any atom is -0.493 e. The Hall–Kier alpha value is -3.21. The van der Waals surface area contributed by atoms with Gasteiger partial charge >= 0.3 is 5.97 Å². The van der Waals surface area contributed by atoms with E-state index in [2.05, 4.69) is 4.98 Å². The first kappa shape index (κ1) is 17.6. The van der Waals surface area contributed by atoms with Crippen LogP contribution in [-0.2, 0) is 9.53 Å². The Morgan fingerprint density at radius 2 is 1.81 bits per heavy atom. The van der Waals surface area contributed by atoms with Gasteiger partial charge < -0.3 is 9.47 Å². The van der Waals surface area contributed by atoms with Crippen molar-refractivity contribution >= 4 is 22.9 Å². The molecule has 1 heterocycles. The van der Waals surface area contributed by atoms with Crippen LogP contribution in [0, 0.1) is 5.82 Å². The zero-order valence-electron chi connectivity index (χ0n) is 14.1. The summed E-state index contributed by atoms with van der Waals surface area (Å²) in [5, 5.41) is 1.05. The molecule has 26 heavy (non-hydrogen) atoms. The number of hydrogen-bond acceptors (Lipinski definition) is 4. The Labute approximate surface area is 150 Å². The molecule has 0 amide bonds. The predicted molar refractivity (Wildman–Crippen MR) is 98.2 cm³/mol. The smallest absolute Gasteiger partial charge is 0.330 e. The summed E-state index contributed by atoms with van der Waals surface area (Å²) in [4.78, 5) is 16.2. The van der Waals surface area contributed by atoms with Gasteiger partial charge in [0.05, 0.1) is 24.4 Å². The zero-order chi connectivity index (χ0) is 18.2. The Balaban J connectivity index is 1.40. The topological polar surface area (TPSA) is 48.4 Å². The largest absolute Gasteiger partial charge is 0.493 e. The molecular formula is C21H18FNO3. The molecule has 5 heteroatoms. The van der Waals surface area contributed by atoms with Crippen LogP contribution >= 0.6 is 0 Å². The van der Waals surface area contributed by atoms with E-state index in [1.807, 2.05) is 36.4 Å². The van der Waals surface area contributed by atoms with E-state index >= 15 is 0 Å². The summed E-state index contributed by atoms with van der Waals surface area (Å²) in [6, 6.07) is 17.4. The predicted octanol–water partition coefficient (Wildman–Crippen LogP) is 4.40. The van der Waals surface area contributed by atoms with Gasteiger partial charge in [-0.2, -0.15) is 0 Å². The second-order valence-electron chi connectivity index (χ2n) is 5.59. The van der Waals surface area contributed by atoms with Gasteiger partial charge in [0, 0.05) is 17.9 Å². The third-order valence-electron chi connectivity index (χ3n) is 3.63. The number of carbonyl (C=O) groups excluding carboxylic acids is 1. The Morgan fingerprint density at radius 3 is 2.65 bits per heavy atom. The fourth-order valence-electron chi connectivity index (χ4n) is 2.33. The van der Waals surface area contributed by atoms with Gasteiger partial charge in [0.25, 0.3) is 0 Å². The molecule has 0 spiro atoms. The van der Waals surface area contributed by atoms with Gasteiger partial charge in [0.15, 0.2) is 0 Å².